The van der Waals surface area contributed by atoms with Crippen LogP contribution in [0.15, 0.2) is 48.9 Å². The summed E-state index contributed by atoms with van der Waals surface area (Å²) >= 11 is 12.5. The Bertz CT molecular complexity index is 1180. The van der Waals surface area contributed by atoms with Crippen LogP contribution in [0.2, 0.25) is 10.0 Å². The number of nitrogen functional groups attached to an aromatic ring is 1. The smallest absolute Gasteiger partial charge is 0.128 e. The average molecular weight is 483 g/mol. The molecule has 0 unspecified atom stereocenters. The number of anilines is 2. The van der Waals surface area contributed by atoms with Gasteiger partial charge in [-0.2, -0.15) is 0 Å². The Balaban J connectivity index is 1.32. The molecule has 3 aromatic rings. The molecule has 0 aliphatic carbocycles. The Morgan fingerprint density at radius 1 is 1.15 bits per heavy atom. The number of nitrogens with zero attached hydrogens (tertiary/aromatic N) is 3. The second-order valence-corrected chi connectivity index (χ2v) is 9.58. The highest BCUT2D eigenvalue weighted by atomic mass is 35.5. The average Bonchev–Trinajstić information content (AvgIpc) is 2.73. The molecule has 2 aliphatic rings. The lowest BCUT2D eigenvalue weighted by molar-refractivity contribution is 0.120. The van der Waals surface area contributed by atoms with Gasteiger partial charge in [0, 0.05) is 72.6 Å². The first kappa shape index (κ1) is 21.9. The van der Waals surface area contributed by atoms with Gasteiger partial charge in [0.1, 0.15) is 17.7 Å². The predicted octanol–water partition coefficient (Wildman–Crippen LogP) is 4.33. The van der Waals surface area contributed by atoms with Crippen LogP contribution in [-0.2, 0) is 0 Å². The number of pyridine rings is 2. The predicted molar refractivity (Wildman–Crippen MR) is 132 cm³/mol. The Labute approximate surface area is 202 Å². The van der Waals surface area contributed by atoms with E-state index in [1.165, 1.54) is 12.4 Å². The van der Waals surface area contributed by atoms with E-state index in [2.05, 4.69) is 20.2 Å². The zero-order chi connectivity index (χ0) is 23.2. The van der Waals surface area contributed by atoms with Crippen LogP contribution >= 0.6 is 23.2 Å². The van der Waals surface area contributed by atoms with E-state index in [1.54, 1.807) is 24.4 Å². The van der Waals surface area contributed by atoms with E-state index in [4.69, 9.17) is 39.1 Å². The van der Waals surface area contributed by atoms with Crippen molar-refractivity contribution >= 4 is 40.4 Å². The van der Waals surface area contributed by atoms with E-state index in [9.17, 15) is 0 Å². The minimum atomic E-state index is -0.412. The van der Waals surface area contributed by atoms with Gasteiger partial charge in [-0.15, -0.1) is 0 Å². The van der Waals surface area contributed by atoms with Crippen LogP contribution in [0.1, 0.15) is 29.7 Å². The molecule has 9 heteroatoms. The van der Waals surface area contributed by atoms with Gasteiger partial charge in [0.2, 0.25) is 0 Å². The van der Waals surface area contributed by atoms with Crippen LogP contribution in [0.3, 0.4) is 0 Å². The molecule has 2 aromatic heterocycles. The van der Waals surface area contributed by atoms with Gasteiger partial charge in [-0.25, -0.2) is 4.98 Å². The Morgan fingerprint density at radius 3 is 2.48 bits per heavy atom. The van der Waals surface area contributed by atoms with Gasteiger partial charge in [0.25, 0.3) is 0 Å². The molecule has 0 amide bonds. The molecule has 2 aliphatic heterocycles. The summed E-state index contributed by atoms with van der Waals surface area (Å²) in [5.41, 5.74) is 9.33. The molecular formula is C24H24Cl2N6O. The number of nitrogens with two attached hydrogens (primary N) is 1. The molecule has 0 radical (unpaired) electrons. The molecule has 2 fully saturated rings. The Morgan fingerprint density at radius 2 is 1.88 bits per heavy atom. The van der Waals surface area contributed by atoms with Crippen molar-refractivity contribution in [1.82, 2.24) is 15.3 Å². The lowest BCUT2D eigenvalue weighted by Crippen LogP contribution is -2.71. The van der Waals surface area contributed by atoms with Gasteiger partial charge in [0.05, 0.1) is 15.8 Å². The fourth-order valence-electron chi connectivity index (χ4n) is 4.40. The number of nitrogens with one attached hydrogen (secondary N) is 2. The molecule has 0 bridgehead atoms. The summed E-state index contributed by atoms with van der Waals surface area (Å²) in [5.74, 6) is 1.50. The van der Waals surface area contributed by atoms with Gasteiger partial charge < -0.3 is 20.7 Å². The van der Waals surface area contributed by atoms with E-state index < -0.39 is 6.10 Å². The van der Waals surface area contributed by atoms with Crippen molar-refractivity contribution in [3.8, 4) is 5.75 Å². The van der Waals surface area contributed by atoms with Crippen LogP contribution in [0.4, 0.5) is 11.5 Å². The molecule has 1 spiro atoms. The fraction of sp³-hybridized carbons (Fsp3) is 0.292. The first-order valence-corrected chi connectivity index (χ1v) is 11.5. The summed E-state index contributed by atoms with van der Waals surface area (Å²) < 4.78 is 6.08. The lowest BCUT2D eigenvalue weighted by atomic mass is 9.74. The molecule has 1 aromatic carbocycles. The van der Waals surface area contributed by atoms with Crippen molar-refractivity contribution in [2.45, 2.75) is 13.0 Å². The highest BCUT2D eigenvalue weighted by molar-refractivity contribution is 6.35. The first-order chi connectivity index (χ1) is 15.8. The van der Waals surface area contributed by atoms with E-state index in [1.807, 2.05) is 19.1 Å². The third-order valence-corrected chi connectivity index (χ3v) is 6.92. The monoisotopic (exact) mass is 482 g/mol. The Kier molecular flexibility index (Phi) is 5.64. The van der Waals surface area contributed by atoms with Crippen LogP contribution in [-0.4, -0.2) is 41.9 Å². The van der Waals surface area contributed by atoms with Crippen molar-refractivity contribution in [3.63, 3.8) is 0 Å². The molecule has 1 atom stereocenters. The summed E-state index contributed by atoms with van der Waals surface area (Å²) in [7, 11) is 0. The van der Waals surface area contributed by atoms with Crippen molar-refractivity contribution in [1.29, 1.82) is 5.41 Å². The van der Waals surface area contributed by atoms with E-state index in [0.717, 1.165) is 32.0 Å². The van der Waals surface area contributed by atoms with E-state index >= 15 is 0 Å². The quantitative estimate of drug-likeness (QED) is 0.357. The van der Waals surface area contributed by atoms with Gasteiger partial charge in [0.15, 0.2) is 0 Å². The third-order valence-electron chi connectivity index (χ3n) is 6.32. The number of halogens is 2. The number of ether oxygens (including phenoxy) is 1. The number of benzene rings is 1. The van der Waals surface area contributed by atoms with E-state index in [0.29, 0.717) is 43.6 Å². The summed E-state index contributed by atoms with van der Waals surface area (Å²) in [5, 5.41) is 12.9. The molecule has 5 rings (SSSR count). The summed E-state index contributed by atoms with van der Waals surface area (Å²) in [6, 6.07) is 9.14. The molecule has 4 heterocycles. The molecule has 2 saturated heterocycles. The van der Waals surface area contributed by atoms with Crippen molar-refractivity contribution in [2.75, 3.05) is 36.8 Å². The number of hydrogen-bond donors (Lipinski definition) is 3. The Hall–Kier alpha value is -2.87. The van der Waals surface area contributed by atoms with Crippen LogP contribution in [0.5, 0.6) is 5.75 Å². The minimum Gasteiger partial charge on any atom is -0.486 e. The van der Waals surface area contributed by atoms with Gasteiger partial charge in [-0.05, 0) is 37.3 Å². The second-order valence-electron chi connectivity index (χ2n) is 8.77. The molecule has 0 saturated carbocycles. The maximum atomic E-state index is 8.71. The SMILES string of the molecule is C[C@@H](Oc1ccc(N)c(C(=N)c2ccc(N3CC4(CNC4)C3)nc2)c1)c1c(Cl)cncc1Cl. The molecule has 7 nitrogen and oxygen atoms in total. The molecule has 33 heavy (non-hydrogen) atoms. The zero-order valence-corrected chi connectivity index (χ0v) is 19.6. The van der Waals surface area contributed by atoms with Gasteiger partial charge in [-0.3, -0.25) is 10.4 Å². The van der Waals surface area contributed by atoms with Gasteiger partial charge >= 0.3 is 0 Å². The highest BCUT2D eigenvalue weighted by Crippen LogP contribution is 2.37. The van der Waals surface area contributed by atoms with Crippen LogP contribution < -0.4 is 20.7 Å². The largest absolute Gasteiger partial charge is 0.486 e. The number of rotatable bonds is 6. The highest BCUT2D eigenvalue weighted by Gasteiger charge is 2.47. The summed E-state index contributed by atoms with van der Waals surface area (Å²) in [6.07, 6.45) is 4.39. The van der Waals surface area contributed by atoms with Crippen molar-refractivity contribution in [3.05, 3.63) is 75.7 Å². The standard InChI is InChI=1S/C24H24Cl2N6O/c1-14(22-18(25)8-29-9-19(22)26)33-16-3-4-20(27)17(6-16)23(28)15-2-5-21(31-7-15)32-12-24(13-32)10-30-11-24/h2-9,14,28,30H,10-13,27H2,1H3/t14-/m1/s1. The number of hydrogen-bond acceptors (Lipinski definition) is 7. The van der Waals surface area contributed by atoms with Gasteiger partial charge in [-0.1, -0.05) is 23.2 Å². The normalized spacial score (nSPS) is 17.2. The second kappa shape index (κ2) is 8.48. The zero-order valence-electron chi connectivity index (χ0n) is 18.1. The maximum Gasteiger partial charge on any atom is 0.128 e. The fourth-order valence-corrected chi connectivity index (χ4v) is 5.07. The van der Waals surface area contributed by atoms with Crippen LogP contribution in [0, 0.1) is 10.8 Å². The topological polar surface area (TPSA) is 100 Å². The van der Waals surface area contributed by atoms with Crippen molar-refractivity contribution in [2.24, 2.45) is 5.41 Å². The third kappa shape index (κ3) is 4.12. The summed E-state index contributed by atoms with van der Waals surface area (Å²) in [4.78, 5) is 10.8. The maximum absolute atomic E-state index is 8.71. The number of aromatic nitrogens is 2. The van der Waals surface area contributed by atoms with E-state index in [-0.39, 0.29) is 5.71 Å². The molecule has 4 N–H and O–H groups in total. The summed E-state index contributed by atoms with van der Waals surface area (Å²) in [6.45, 7) is 6.08. The molecular weight excluding hydrogens is 459 g/mol. The van der Waals surface area contributed by atoms with Crippen molar-refractivity contribution < 1.29 is 4.74 Å². The lowest BCUT2D eigenvalue weighted by Gasteiger charge is -2.56. The van der Waals surface area contributed by atoms with Crippen LogP contribution in [0.25, 0.3) is 0 Å². The minimum absolute atomic E-state index is 0.285. The molecule has 170 valence electrons. The first-order valence-electron chi connectivity index (χ1n) is 10.7.